The molecule has 0 heterocycles. The quantitative estimate of drug-likeness (QED) is 0.206. The van der Waals surface area contributed by atoms with Gasteiger partial charge in [0.1, 0.15) is 0 Å². The van der Waals surface area contributed by atoms with Crippen LogP contribution in [0, 0.1) is 5.92 Å². The number of carboxylic acid groups (broad SMARTS) is 2. The third-order valence-corrected chi connectivity index (χ3v) is 2.16. The Morgan fingerprint density at radius 3 is 2.19 bits per heavy atom. The summed E-state index contributed by atoms with van der Waals surface area (Å²) in [4.78, 5) is 23.6. The normalized spacial score (nSPS) is 9.81. The van der Waals surface area contributed by atoms with E-state index in [-0.39, 0.29) is 6.42 Å². The highest BCUT2D eigenvalue weighted by Crippen LogP contribution is 2.11. The molecular formula is C9H15N3O4. The summed E-state index contributed by atoms with van der Waals surface area (Å²) in [5.74, 6) is -3.89. The number of hydrogen-bond acceptors (Lipinski definition) is 3. The van der Waals surface area contributed by atoms with E-state index in [9.17, 15) is 9.59 Å². The van der Waals surface area contributed by atoms with Crippen molar-refractivity contribution in [2.24, 2.45) is 11.0 Å². The molecule has 16 heavy (non-hydrogen) atoms. The van der Waals surface area contributed by atoms with E-state index in [0.717, 1.165) is 19.3 Å². The van der Waals surface area contributed by atoms with E-state index < -0.39 is 17.9 Å². The van der Waals surface area contributed by atoms with Gasteiger partial charge in [-0.15, -0.1) is 0 Å². The standard InChI is InChI=1S/C9H15N3O4/c10-12-11-6-4-2-1-3-5-7(8(13)14)9(15)16/h7H,1-6H2,(H,13,14)(H,15,16). The fourth-order valence-electron chi connectivity index (χ4n) is 1.28. The number of carbonyl (C=O) groups is 2. The summed E-state index contributed by atoms with van der Waals surface area (Å²) in [5, 5.41) is 20.5. The Hall–Kier alpha value is -1.75. The third-order valence-electron chi connectivity index (χ3n) is 2.16. The number of azide groups is 1. The van der Waals surface area contributed by atoms with Gasteiger partial charge in [-0.3, -0.25) is 9.59 Å². The molecule has 0 saturated heterocycles. The fourth-order valence-corrected chi connectivity index (χ4v) is 1.28. The number of unbranched alkanes of at least 4 members (excludes halogenated alkanes) is 3. The lowest BCUT2D eigenvalue weighted by Gasteiger charge is -2.06. The molecule has 0 aliphatic carbocycles. The van der Waals surface area contributed by atoms with Crippen LogP contribution in [0.3, 0.4) is 0 Å². The Bertz CT molecular complexity index is 272. The molecular weight excluding hydrogens is 214 g/mol. The molecule has 0 rings (SSSR count). The first kappa shape index (κ1) is 14.2. The molecule has 0 aromatic heterocycles. The van der Waals surface area contributed by atoms with Crippen LogP contribution in [0.5, 0.6) is 0 Å². The van der Waals surface area contributed by atoms with Crippen molar-refractivity contribution in [3.05, 3.63) is 10.4 Å². The molecule has 0 aromatic carbocycles. The van der Waals surface area contributed by atoms with Crippen LogP contribution in [0.4, 0.5) is 0 Å². The molecule has 0 amide bonds. The molecule has 0 radical (unpaired) electrons. The van der Waals surface area contributed by atoms with Crippen molar-refractivity contribution in [3.8, 4) is 0 Å². The fraction of sp³-hybridized carbons (Fsp3) is 0.778. The van der Waals surface area contributed by atoms with Crippen molar-refractivity contribution in [3.63, 3.8) is 0 Å². The first-order valence-corrected chi connectivity index (χ1v) is 5.06. The van der Waals surface area contributed by atoms with Gasteiger partial charge in [0, 0.05) is 11.5 Å². The Morgan fingerprint density at radius 1 is 1.12 bits per heavy atom. The van der Waals surface area contributed by atoms with Gasteiger partial charge in [0.25, 0.3) is 0 Å². The first-order valence-electron chi connectivity index (χ1n) is 5.06. The predicted octanol–water partition coefficient (Wildman–Crippen LogP) is 2.03. The van der Waals surface area contributed by atoms with Crippen LogP contribution < -0.4 is 0 Å². The lowest BCUT2D eigenvalue weighted by Crippen LogP contribution is -2.23. The molecule has 0 bridgehead atoms. The molecule has 0 aliphatic heterocycles. The van der Waals surface area contributed by atoms with Gasteiger partial charge in [0.05, 0.1) is 0 Å². The molecule has 90 valence electrons. The second-order valence-corrected chi connectivity index (χ2v) is 3.39. The second-order valence-electron chi connectivity index (χ2n) is 3.39. The van der Waals surface area contributed by atoms with Crippen LogP contribution in [0.2, 0.25) is 0 Å². The van der Waals surface area contributed by atoms with Crippen molar-refractivity contribution < 1.29 is 19.8 Å². The average molecular weight is 229 g/mol. The Morgan fingerprint density at radius 2 is 1.69 bits per heavy atom. The number of nitrogens with zero attached hydrogens (tertiary/aromatic N) is 3. The molecule has 7 heteroatoms. The van der Waals surface area contributed by atoms with Gasteiger partial charge < -0.3 is 10.2 Å². The minimum Gasteiger partial charge on any atom is -0.481 e. The molecule has 0 unspecified atom stereocenters. The number of hydrogen-bond donors (Lipinski definition) is 2. The van der Waals surface area contributed by atoms with Crippen molar-refractivity contribution in [2.45, 2.75) is 32.1 Å². The average Bonchev–Trinajstić information content (AvgIpc) is 2.21. The van der Waals surface area contributed by atoms with Crippen molar-refractivity contribution >= 4 is 11.9 Å². The van der Waals surface area contributed by atoms with E-state index in [1.54, 1.807) is 0 Å². The van der Waals surface area contributed by atoms with Gasteiger partial charge in [-0.1, -0.05) is 24.4 Å². The summed E-state index contributed by atoms with van der Waals surface area (Å²) in [6.45, 7) is 0.428. The van der Waals surface area contributed by atoms with E-state index in [0.29, 0.717) is 13.0 Å². The highest BCUT2D eigenvalue weighted by atomic mass is 16.4. The van der Waals surface area contributed by atoms with Crippen molar-refractivity contribution in [1.82, 2.24) is 0 Å². The van der Waals surface area contributed by atoms with E-state index >= 15 is 0 Å². The van der Waals surface area contributed by atoms with Crippen LogP contribution in [-0.2, 0) is 9.59 Å². The van der Waals surface area contributed by atoms with Gasteiger partial charge in [0.15, 0.2) is 5.92 Å². The summed E-state index contributed by atoms with van der Waals surface area (Å²) < 4.78 is 0. The Labute approximate surface area is 92.7 Å². The van der Waals surface area contributed by atoms with Crippen LogP contribution in [0.25, 0.3) is 10.4 Å². The maximum absolute atomic E-state index is 10.5. The van der Waals surface area contributed by atoms with E-state index in [1.807, 2.05) is 0 Å². The summed E-state index contributed by atoms with van der Waals surface area (Å²) >= 11 is 0. The van der Waals surface area contributed by atoms with Crippen LogP contribution in [0.1, 0.15) is 32.1 Å². The summed E-state index contributed by atoms with van der Waals surface area (Å²) in [6, 6.07) is 0. The summed E-state index contributed by atoms with van der Waals surface area (Å²) in [7, 11) is 0. The zero-order chi connectivity index (χ0) is 12.4. The van der Waals surface area contributed by atoms with Gasteiger partial charge in [-0.05, 0) is 18.4 Å². The zero-order valence-electron chi connectivity index (χ0n) is 8.87. The van der Waals surface area contributed by atoms with Crippen molar-refractivity contribution in [1.29, 1.82) is 0 Å². The second kappa shape index (κ2) is 8.55. The van der Waals surface area contributed by atoms with Gasteiger partial charge in [0.2, 0.25) is 0 Å². The number of aliphatic carboxylic acids is 2. The molecule has 2 N–H and O–H groups in total. The SMILES string of the molecule is [N-]=[N+]=NCCCCCCC(C(=O)O)C(=O)O. The highest BCUT2D eigenvalue weighted by Gasteiger charge is 2.24. The molecule has 7 nitrogen and oxygen atoms in total. The van der Waals surface area contributed by atoms with Crippen LogP contribution in [0.15, 0.2) is 5.11 Å². The van der Waals surface area contributed by atoms with Gasteiger partial charge in [-0.2, -0.15) is 0 Å². The number of carboxylic acids is 2. The topological polar surface area (TPSA) is 123 Å². The first-order chi connectivity index (χ1) is 7.59. The maximum atomic E-state index is 10.5. The van der Waals surface area contributed by atoms with E-state index in [1.165, 1.54) is 0 Å². The molecule has 0 fully saturated rings. The zero-order valence-corrected chi connectivity index (χ0v) is 8.87. The third kappa shape index (κ3) is 6.67. The van der Waals surface area contributed by atoms with Crippen LogP contribution >= 0.6 is 0 Å². The lowest BCUT2D eigenvalue weighted by atomic mass is 10.0. The van der Waals surface area contributed by atoms with Gasteiger partial charge in [-0.25, -0.2) is 0 Å². The highest BCUT2D eigenvalue weighted by molar-refractivity contribution is 5.92. The minimum absolute atomic E-state index is 0.145. The summed E-state index contributed by atoms with van der Waals surface area (Å²) in [6.07, 6.45) is 3.00. The Balaban J connectivity index is 3.59. The molecule has 0 atom stereocenters. The molecule has 0 saturated carbocycles. The molecule has 0 spiro atoms. The van der Waals surface area contributed by atoms with Crippen molar-refractivity contribution in [2.75, 3.05) is 6.54 Å². The number of rotatable bonds is 9. The van der Waals surface area contributed by atoms with Crippen LogP contribution in [-0.4, -0.2) is 28.7 Å². The minimum atomic E-state index is -1.31. The monoisotopic (exact) mass is 229 g/mol. The molecule has 0 aliphatic rings. The largest absolute Gasteiger partial charge is 0.481 e. The van der Waals surface area contributed by atoms with Gasteiger partial charge >= 0.3 is 11.9 Å². The molecule has 0 aromatic rings. The van der Waals surface area contributed by atoms with E-state index in [2.05, 4.69) is 10.0 Å². The van der Waals surface area contributed by atoms with E-state index in [4.69, 9.17) is 15.7 Å². The predicted molar refractivity (Wildman–Crippen MR) is 55.9 cm³/mol. The maximum Gasteiger partial charge on any atom is 0.317 e. The smallest absolute Gasteiger partial charge is 0.317 e. The Kier molecular flexibility index (Phi) is 7.61. The lowest BCUT2D eigenvalue weighted by molar-refractivity contribution is -0.154. The summed E-state index contributed by atoms with van der Waals surface area (Å²) in [5.41, 5.74) is 7.99.